The molecule has 0 atom stereocenters. The number of hydrogen-bond acceptors (Lipinski definition) is 5. The zero-order valence-electron chi connectivity index (χ0n) is 20.3. The minimum absolute atomic E-state index is 0. The molecule has 3 heterocycles. The first-order valence-corrected chi connectivity index (χ1v) is 11.6. The van der Waals surface area contributed by atoms with Crippen molar-refractivity contribution in [2.45, 2.75) is 20.4 Å². The van der Waals surface area contributed by atoms with Crippen molar-refractivity contribution < 1.29 is 9.59 Å². The van der Waals surface area contributed by atoms with Gasteiger partial charge in [0.05, 0.1) is 23.1 Å². The highest BCUT2D eigenvalue weighted by atomic mass is 35.5. The molecule has 0 saturated heterocycles. The lowest BCUT2D eigenvalue weighted by Crippen LogP contribution is -2.17. The van der Waals surface area contributed by atoms with Gasteiger partial charge < -0.3 is 5.32 Å². The lowest BCUT2D eigenvalue weighted by atomic mass is 10.0. The third-order valence-corrected chi connectivity index (χ3v) is 5.75. The number of nitrogens with zero attached hydrogens (tertiary/aromatic N) is 5. The standard InChI is InChI=1S/C28H24N6O2.ClH/c1-3-33-26(15-19(2)32-33)28(36)31-24-9-6-7-20(16-24)27(35)21-10-11-22-18-30-34(25(22)17-21)14-12-23-8-4-5-13-29-23;/h4-18H,3H2,1-2H3,(H,31,36);1H. The number of rotatable bonds is 7. The van der Waals surface area contributed by atoms with Gasteiger partial charge in [0, 0.05) is 41.1 Å². The number of amides is 1. The lowest BCUT2D eigenvalue weighted by molar-refractivity contribution is 0.101. The average Bonchev–Trinajstić information content (AvgIpc) is 3.50. The Kier molecular flexibility index (Phi) is 7.60. The number of halogens is 1. The number of carbonyl (C=O) groups excluding carboxylic acids is 2. The number of hydrogen-bond donors (Lipinski definition) is 1. The smallest absolute Gasteiger partial charge is 0.273 e. The van der Waals surface area contributed by atoms with Gasteiger partial charge >= 0.3 is 0 Å². The van der Waals surface area contributed by atoms with Gasteiger partial charge in [0.1, 0.15) is 5.69 Å². The minimum Gasteiger partial charge on any atom is -0.321 e. The molecular formula is C28H25ClN6O2. The molecule has 0 aliphatic carbocycles. The summed E-state index contributed by atoms with van der Waals surface area (Å²) in [5.41, 5.74) is 4.41. The van der Waals surface area contributed by atoms with Crippen molar-refractivity contribution >= 4 is 53.0 Å². The molecule has 0 aliphatic heterocycles. The van der Waals surface area contributed by atoms with Crippen LogP contribution < -0.4 is 5.32 Å². The number of aromatic nitrogens is 5. The molecule has 0 spiro atoms. The average molecular weight is 513 g/mol. The second kappa shape index (κ2) is 11.0. The maximum Gasteiger partial charge on any atom is 0.273 e. The molecule has 0 bridgehead atoms. The first-order chi connectivity index (χ1) is 17.5. The zero-order chi connectivity index (χ0) is 25.1. The molecule has 8 nitrogen and oxygen atoms in total. The molecule has 2 aromatic carbocycles. The molecular weight excluding hydrogens is 488 g/mol. The van der Waals surface area contributed by atoms with Crippen molar-refractivity contribution in [1.29, 1.82) is 0 Å². The number of nitrogens with one attached hydrogen (secondary N) is 1. The van der Waals surface area contributed by atoms with Gasteiger partial charge in [-0.25, -0.2) is 4.68 Å². The minimum atomic E-state index is -0.271. The van der Waals surface area contributed by atoms with Crippen LogP contribution in [0.4, 0.5) is 5.69 Å². The summed E-state index contributed by atoms with van der Waals surface area (Å²) in [4.78, 5) is 30.4. The number of pyridine rings is 1. The van der Waals surface area contributed by atoms with Gasteiger partial charge in [-0.3, -0.25) is 19.3 Å². The van der Waals surface area contributed by atoms with Gasteiger partial charge in [-0.2, -0.15) is 10.2 Å². The van der Waals surface area contributed by atoms with Crippen molar-refractivity contribution in [3.8, 4) is 0 Å². The predicted molar refractivity (Wildman–Crippen MR) is 147 cm³/mol. The molecule has 0 radical (unpaired) electrons. The number of anilines is 1. The summed E-state index contributed by atoms with van der Waals surface area (Å²) < 4.78 is 3.37. The Hall–Kier alpha value is -4.56. The normalized spacial score (nSPS) is 11.0. The summed E-state index contributed by atoms with van der Waals surface area (Å²) in [5, 5.41) is 12.5. The lowest BCUT2D eigenvalue weighted by Gasteiger charge is -2.08. The van der Waals surface area contributed by atoms with Crippen LogP contribution >= 0.6 is 12.4 Å². The molecule has 186 valence electrons. The van der Waals surface area contributed by atoms with E-state index in [1.165, 1.54) is 0 Å². The quantitative estimate of drug-likeness (QED) is 0.291. The van der Waals surface area contributed by atoms with Crippen LogP contribution in [0.3, 0.4) is 0 Å². The van der Waals surface area contributed by atoms with Gasteiger partial charge in [-0.1, -0.05) is 30.3 Å². The highest BCUT2D eigenvalue weighted by Crippen LogP contribution is 2.21. The van der Waals surface area contributed by atoms with E-state index in [1.807, 2.05) is 56.5 Å². The third kappa shape index (κ3) is 5.49. The summed E-state index contributed by atoms with van der Waals surface area (Å²) in [6, 6.07) is 19.8. The maximum absolute atomic E-state index is 13.3. The van der Waals surface area contributed by atoms with E-state index < -0.39 is 0 Å². The molecule has 3 aromatic heterocycles. The van der Waals surface area contributed by atoms with Gasteiger partial charge in [0.25, 0.3) is 5.91 Å². The third-order valence-electron chi connectivity index (χ3n) is 5.75. The number of ketones is 1. The molecule has 5 aromatic rings. The van der Waals surface area contributed by atoms with Crippen molar-refractivity contribution in [1.82, 2.24) is 24.5 Å². The van der Waals surface area contributed by atoms with Gasteiger partial charge in [0.15, 0.2) is 5.78 Å². The van der Waals surface area contributed by atoms with E-state index in [2.05, 4.69) is 20.5 Å². The molecule has 9 heteroatoms. The van der Waals surface area contributed by atoms with Crippen molar-refractivity contribution in [2.75, 3.05) is 5.32 Å². The van der Waals surface area contributed by atoms with E-state index in [9.17, 15) is 9.59 Å². The van der Waals surface area contributed by atoms with Crippen LogP contribution in [-0.4, -0.2) is 36.2 Å². The Labute approximate surface area is 220 Å². The van der Waals surface area contributed by atoms with Gasteiger partial charge in [-0.15, -0.1) is 12.4 Å². The molecule has 0 unspecified atom stereocenters. The topological polar surface area (TPSA) is 94.7 Å². The maximum atomic E-state index is 13.3. The van der Waals surface area contributed by atoms with Gasteiger partial charge in [0.2, 0.25) is 0 Å². The monoisotopic (exact) mass is 512 g/mol. The molecule has 5 rings (SSSR count). The first kappa shape index (κ1) is 25.5. The summed E-state index contributed by atoms with van der Waals surface area (Å²) in [6.45, 7) is 4.37. The van der Waals surface area contributed by atoms with Crippen LogP contribution in [0.25, 0.3) is 23.2 Å². The van der Waals surface area contributed by atoms with Crippen molar-refractivity contribution in [3.63, 3.8) is 0 Å². The van der Waals surface area contributed by atoms with E-state index in [0.717, 1.165) is 22.3 Å². The van der Waals surface area contributed by atoms with Crippen LogP contribution in [0.1, 0.15) is 44.7 Å². The highest BCUT2D eigenvalue weighted by Gasteiger charge is 2.16. The fourth-order valence-electron chi connectivity index (χ4n) is 3.99. The van der Waals surface area contributed by atoms with Crippen LogP contribution in [-0.2, 0) is 6.54 Å². The Balaban J connectivity index is 0.00000320. The SMILES string of the molecule is CCn1nc(C)cc1C(=O)Nc1cccc(C(=O)c2ccc3cnn(C=Cc4ccccn4)c3c2)c1.Cl. The number of carbonyl (C=O) groups is 2. The first-order valence-electron chi connectivity index (χ1n) is 11.6. The summed E-state index contributed by atoms with van der Waals surface area (Å²) >= 11 is 0. The second-order valence-electron chi connectivity index (χ2n) is 8.28. The Morgan fingerprint density at radius 2 is 1.84 bits per heavy atom. The molecule has 0 saturated carbocycles. The van der Waals surface area contributed by atoms with Gasteiger partial charge in [-0.05, 0) is 56.3 Å². The van der Waals surface area contributed by atoms with Crippen LogP contribution in [0.2, 0.25) is 0 Å². The molecule has 0 aliphatic rings. The van der Waals surface area contributed by atoms with Crippen molar-refractivity contribution in [3.05, 3.63) is 107 Å². The molecule has 1 amide bonds. The van der Waals surface area contributed by atoms with E-state index in [1.54, 1.807) is 58.2 Å². The van der Waals surface area contributed by atoms with E-state index in [-0.39, 0.29) is 24.1 Å². The molecule has 0 fully saturated rings. The second-order valence-corrected chi connectivity index (χ2v) is 8.28. The Bertz CT molecular complexity index is 1600. The predicted octanol–water partition coefficient (Wildman–Crippen LogP) is 5.49. The van der Waals surface area contributed by atoms with E-state index in [4.69, 9.17) is 0 Å². The van der Waals surface area contributed by atoms with Crippen LogP contribution in [0, 0.1) is 6.92 Å². The largest absolute Gasteiger partial charge is 0.321 e. The highest BCUT2D eigenvalue weighted by molar-refractivity contribution is 6.11. The fraction of sp³-hybridized carbons (Fsp3) is 0.107. The number of fused-ring (bicyclic) bond motifs is 1. The van der Waals surface area contributed by atoms with Crippen LogP contribution in [0.5, 0.6) is 0 Å². The summed E-state index contributed by atoms with van der Waals surface area (Å²) in [6.07, 6.45) is 7.16. The number of aryl methyl sites for hydroxylation is 2. The Morgan fingerprint density at radius 1 is 1.00 bits per heavy atom. The zero-order valence-corrected chi connectivity index (χ0v) is 21.1. The Morgan fingerprint density at radius 3 is 2.62 bits per heavy atom. The fourth-order valence-corrected chi connectivity index (χ4v) is 3.99. The molecule has 1 N–H and O–H groups in total. The number of benzene rings is 2. The van der Waals surface area contributed by atoms with Crippen LogP contribution in [0.15, 0.2) is 79.1 Å². The molecule has 37 heavy (non-hydrogen) atoms. The van der Waals surface area contributed by atoms with E-state index >= 15 is 0 Å². The van der Waals surface area contributed by atoms with E-state index in [0.29, 0.717) is 29.1 Å². The summed E-state index contributed by atoms with van der Waals surface area (Å²) in [5.74, 6) is -0.420. The summed E-state index contributed by atoms with van der Waals surface area (Å²) in [7, 11) is 0. The van der Waals surface area contributed by atoms with Crippen molar-refractivity contribution in [2.24, 2.45) is 0 Å².